The van der Waals surface area contributed by atoms with E-state index in [1.54, 1.807) is 36.4 Å². The van der Waals surface area contributed by atoms with Gasteiger partial charge in [-0.3, -0.25) is 4.79 Å². The smallest absolute Gasteiger partial charge is 0.291 e. The molecule has 2 N–H and O–H groups in total. The Morgan fingerprint density at radius 3 is 2.42 bits per heavy atom. The zero-order valence-electron chi connectivity index (χ0n) is 13.0. The van der Waals surface area contributed by atoms with Crippen molar-refractivity contribution in [1.82, 2.24) is 0 Å². The molecular weight excluding hydrogens is 307 g/mol. The highest BCUT2D eigenvalue weighted by Crippen LogP contribution is 2.15. The first-order chi connectivity index (χ1) is 11.7. The average molecular weight is 324 g/mol. The van der Waals surface area contributed by atoms with Gasteiger partial charge in [0.2, 0.25) is 0 Å². The minimum absolute atomic E-state index is 0.185. The lowest BCUT2D eigenvalue weighted by Gasteiger charge is -2.08. The van der Waals surface area contributed by atoms with Crippen LogP contribution in [0.2, 0.25) is 0 Å². The normalized spacial score (nSPS) is 10.4. The third-order valence-electron chi connectivity index (χ3n) is 3.57. The summed E-state index contributed by atoms with van der Waals surface area (Å²) in [6.45, 7) is 0.624. The highest BCUT2D eigenvalue weighted by Gasteiger charge is 2.08. The summed E-state index contributed by atoms with van der Waals surface area (Å²) < 4.78 is 18.6. The van der Waals surface area contributed by atoms with Crippen molar-refractivity contribution in [2.45, 2.75) is 6.42 Å². The van der Waals surface area contributed by atoms with Gasteiger partial charge in [0.1, 0.15) is 5.82 Å². The molecule has 0 unspecified atom stereocenters. The summed E-state index contributed by atoms with van der Waals surface area (Å²) in [4.78, 5) is 11.9. The number of nitrogens with one attached hydrogen (secondary N) is 2. The molecule has 122 valence electrons. The molecular formula is C19H17FN2O2. The van der Waals surface area contributed by atoms with E-state index in [-0.39, 0.29) is 17.5 Å². The van der Waals surface area contributed by atoms with Gasteiger partial charge in [-0.05, 0) is 54.4 Å². The molecule has 0 atom stereocenters. The van der Waals surface area contributed by atoms with Crippen LogP contribution in [0, 0.1) is 5.82 Å². The fraction of sp³-hybridized carbons (Fsp3) is 0.105. The molecule has 5 heteroatoms. The van der Waals surface area contributed by atoms with Gasteiger partial charge < -0.3 is 15.1 Å². The number of hydrogen-bond acceptors (Lipinski definition) is 3. The molecule has 0 aliphatic heterocycles. The zero-order valence-corrected chi connectivity index (χ0v) is 13.0. The van der Waals surface area contributed by atoms with Crippen LogP contribution in [-0.2, 0) is 6.42 Å². The van der Waals surface area contributed by atoms with E-state index in [4.69, 9.17) is 4.42 Å². The van der Waals surface area contributed by atoms with Crippen LogP contribution < -0.4 is 10.6 Å². The zero-order chi connectivity index (χ0) is 16.8. The Bertz CT molecular complexity index is 798. The van der Waals surface area contributed by atoms with E-state index >= 15 is 0 Å². The van der Waals surface area contributed by atoms with Crippen molar-refractivity contribution in [3.8, 4) is 0 Å². The first-order valence-electron chi connectivity index (χ1n) is 7.64. The number of carbonyl (C=O) groups excluding carboxylic acids is 1. The summed E-state index contributed by atoms with van der Waals surface area (Å²) in [6, 6.07) is 17.3. The highest BCUT2D eigenvalue weighted by atomic mass is 19.1. The molecule has 4 nitrogen and oxygen atoms in total. The summed E-state index contributed by atoms with van der Waals surface area (Å²) in [5.41, 5.74) is 2.27. The monoisotopic (exact) mass is 324 g/mol. The number of carbonyl (C=O) groups is 1. The van der Waals surface area contributed by atoms with Gasteiger partial charge in [-0.25, -0.2) is 4.39 Å². The number of benzene rings is 2. The van der Waals surface area contributed by atoms with Crippen LogP contribution in [0.15, 0.2) is 71.3 Å². The number of furan rings is 1. The quantitative estimate of drug-likeness (QED) is 0.710. The van der Waals surface area contributed by atoms with Crippen LogP contribution in [-0.4, -0.2) is 12.5 Å². The summed E-state index contributed by atoms with van der Waals surface area (Å²) in [7, 11) is 0. The first kappa shape index (κ1) is 15.8. The molecule has 0 radical (unpaired) electrons. The number of anilines is 2. The SMILES string of the molecule is O=C(Nc1ccc(NCCc2ccccc2F)cc1)c1ccco1. The van der Waals surface area contributed by atoms with E-state index in [0.717, 1.165) is 5.69 Å². The van der Waals surface area contributed by atoms with E-state index in [1.807, 2.05) is 18.2 Å². The average Bonchev–Trinajstić information content (AvgIpc) is 3.13. The molecule has 0 saturated heterocycles. The molecule has 1 aromatic heterocycles. The summed E-state index contributed by atoms with van der Waals surface area (Å²) in [6.07, 6.45) is 2.06. The molecule has 0 aliphatic rings. The maximum absolute atomic E-state index is 13.5. The van der Waals surface area contributed by atoms with Crippen molar-refractivity contribution in [1.29, 1.82) is 0 Å². The Hall–Kier alpha value is -3.08. The Labute approximate surface area is 139 Å². The van der Waals surface area contributed by atoms with E-state index in [1.165, 1.54) is 12.3 Å². The Kier molecular flexibility index (Phi) is 4.91. The van der Waals surface area contributed by atoms with Gasteiger partial charge in [-0.2, -0.15) is 0 Å². The molecule has 0 spiro atoms. The van der Waals surface area contributed by atoms with Crippen LogP contribution in [0.25, 0.3) is 0 Å². The first-order valence-corrected chi connectivity index (χ1v) is 7.64. The molecule has 1 amide bonds. The molecule has 3 aromatic rings. The van der Waals surface area contributed by atoms with Crippen molar-refractivity contribution in [3.63, 3.8) is 0 Å². The lowest BCUT2D eigenvalue weighted by molar-refractivity contribution is 0.0996. The summed E-state index contributed by atoms with van der Waals surface area (Å²) in [5, 5.41) is 5.98. The van der Waals surface area contributed by atoms with Gasteiger partial charge in [0, 0.05) is 17.9 Å². The number of amides is 1. The summed E-state index contributed by atoms with van der Waals surface area (Å²) >= 11 is 0. The van der Waals surface area contributed by atoms with Crippen molar-refractivity contribution >= 4 is 17.3 Å². The second-order valence-electron chi connectivity index (χ2n) is 5.28. The molecule has 2 aromatic carbocycles. The third-order valence-corrected chi connectivity index (χ3v) is 3.57. The topological polar surface area (TPSA) is 54.3 Å². The predicted molar refractivity (Wildman–Crippen MR) is 91.7 cm³/mol. The Morgan fingerprint density at radius 2 is 1.71 bits per heavy atom. The van der Waals surface area contributed by atoms with E-state index in [9.17, 15) is 9.18 Å². The number of rotatable bonds is 6. The molecule has 24 heavy (non-hydrogen) atoms. The van der Waals surface area contributed by atoms with Crippen LogP contribution in [0.3, 0.4) is 0 Å². The van der Waals surface area contributed by atoms with Gasteiger partial charge in [0.25, 0.3) is 5.91 Å². The van der Waals surface area contributed by atoms with E-state index in [2.05, 4.69) is 10.6 Å². The molecule has 0 saturated carbocycles. The minimum Gasteiger partial charge on any atom is -0.459 e. The molecule has 0 fully saturated rings. The standard InChI is InChI=1S/C19H17FN2O2/c20-17-5-2-1-4-14(17)11-12-21-15-7-9-16(10-8-15)22-19(23)18-6-3-13-24-18/h1-10,13,21H,11-12H2,(H,22,23). The number of halogens is 1. The highest BCUT2D eigenvalue weighted by molar-refractivity contribution is 6.02. The largest absolute Gasteiger partial charge is 0.459 e. The minimum atomic E-state index is -0.291. The maximum atomic E-state index is 13.5. The van der Waals surface area contributed by atoms with Crippen LogP contribution >= 0.6 is 0 Å². The van der Waals surface area contributed by atoms with Crippen molar-refractivity contribution in [3.05, 3.63) is 84.1 Å². The molecule has 3 rings (SSSR count). The van der Waals surface area contributed by atoms with E-state index in [0.29, 0.717) is 24.2 Å². The van der Waals surface area contributed by atoms with Gasteiger partial charge in [0.15, 0.2) is 5.76 Å². The Balaban J connectivity index is 1.51. The van der Waals surface area contributed by atoms with Gasteiger partial charge >= 0.3 is 0 Å². The fourth-order valence-electron chi connectivity index (χ4n) is 2.31. The van der Waals surface area contributed by atoms with Crippen LogP contribution in [0.4, 0.5) is 15.8 Å². The third kappa shape index (κ3) is 4.01. The van der Waals surface area contributed by atoms with E-state index < -0.39 is 0 Å². The van der Waals surface area contributed by atoms with Crippen LogP contribution in [0.1, 0.15) is 16.1 Å². The van der Waals surface area contributed by atoms with Gasteiger partial charge in [-0.1, -0.05) is 18.2 Å². The van der Waals surface area contributed by atoms with Gasteiger partial charge in [0.05, 0.1) is 6.26 Å². The van der Waals surface area contributed by atoms with Gasteiger partial charge in [-0.15, -0.1) is 0 Å². The van der Waals surface area contributed by atoms with Crippen molar-refractivity contribution in [2.24, 2.45) is 0 Å². The van der Waals surface area contributed by atoms with Crippen LogP contribution in [0.5, 0.6) is 0 Å². The Morgan fingerprint density at radius 1 is 0.958 bits per heavy atom. The number of hydrogen-bond donors (Lipinski definition) is 2. The second-order valence-corrected chi connectivity index (χ2v) is 5.28. The van der Waals surface area contributed by atoms with Crippen molar-refractivity contribution in [2.75, 3.05) is 17.2 Å². The molecule has 1 heterocycles. The fourth-order valence-corrected chi connectivity index (χ4v) is 2.31. The second kappa shape index (κ2) is 7.46. The summed E-state index contributed by atoms with van der Waals surface area (Å²) in [5.74, 6) is -0.211. The lowest BCUT2D eigenvalue weighted by Crippen LogP contribution is -2.11. The lowest BCUT2D eigenvalue weighted by atomic mass is 10.1. The molecule has 0 bridgehead atoms. The predicted octanol–water partition coefficient (Wildman–Crippen LogP) is 4.33. The maximum Gasteiger partial charge on any atom is 0.291 e. The molecule has 0 aliphatic carbocycles. The van der Waals surface area contributed by atoms with Crippen molar-refractivity contribution < 1.29 is 13.6 Å².